The van der Waals surface area contributed by atoms with E-state index in [2.05, 4.69) is 6.07 Å². The summed E-state index contributed by atoms with van der Waals surface area (Å²) in [6.45, 7) is 3.51. The second-order valence-corrected chi connectivity index (χ2v) is 11.5. The summed E-state index contributed by atoms with van der Waals surface area (Å²) < 4.78 is 19.5. The number of nitriles is 1. The molecule has 1 aliphatic rings. The molecule has 6 rings (SSSR count). The SMILES string of the molecule is COc1cc(/C=c2\sc3n(c2=O)[C@@H](c2c(OC)ccc4ccccc24)C(C(C)=O)=C(C)N=3)ccc1OCc1ccccc1C#N. The fourth-order valence-electron chi connectivity index (χ4n) is 5.73. The molecule has 0 amide bonds. The monoisotopic (exact) mass is 615 g/mol. The van der Waals surface area contributed by atoms with Crippen LogP contribution in [0.25, 0.3) is 16.8 Å². The molecule has 0 N–H and O–H groups in total. The van der Waals surface area contributed by atoms with E-state index in [1.54, 1.807) is 50.0 Å². The Balaban J connectivity index is 1.46. The number of nitrogens with zero attached hydrogens (tertiary/aromatic N) is 3. The molecule has 4 aromatic carbocycles. The van der Waals surface area contributed by atoms with E-state index in [1.165, 1.54) is 18.3 Å². The summed E-state index contributed by atoms with van der Waals surface area (Å²) in [4.78, 5) is 32.5. The highest BCUT2D eigenvalue weighted by molar-refractivity contribution is 7.07. The van der Waals surface area contributed by atoms with Gasteiger partial charge < -0.3 is 14.2 Å². The number of ketones is 1. The molecule has 8 nitrogen and oxygen atoms in total. The van der Waals surface area contributed by atoms with Gasteiger partial charge in [-0.2, -0.15) is 5.26 Å². The number of thiazole rings is 1. The van der Waals surface area contributed by atoms with Gasteiger partial charge in [0.1, 0.15) is 12.4 Å². The lowest BCUT2D eigenvalue weighted by molar-refractivity contribution is -0.114. The van der Waals surface area contributed by atoms with Gasteiger partial charge in [-0.1, -0.05) is 65.9 Å². The Bertz CT molecular complexity index is 2240. The summed E-state index contributed by atoms with van der Waals surface area (Å²) in [5.74, 6) is 1.41. The van der Waals surface area contributed by atoms with Crippen LogP contribution in [0.2, 0.25) is 0 Å². The first-order valence-corrected chi connectivity index (χ1v) is 15.0. The van der Waals surface area contributed by atoms with E-state index < -0.39 is 6.04 Å². The van der Waals surface area contributed by atoms with Crippen molar-refractivity contribution in [2.45, 2.75) is 26.5 Å². The van der Waals surface area contributed by atoms with E-state index in [0.717, 1.165) is 27.5 Å². The number of ether oxygens (including phenoxy) is 3. The average molecular weight is 616 g/mol. The second-order valence-electron chi connectivity index (χ2n) is 10.5. The minimum atomic E-state index is -0.719. The Labute approximate surface area is 263 Å². The maximum atomic E-state index is 14.2. The summed E-state index contributed by atoms with van der Waals surface area (Å²) in [5, 5.41) is 11.3. The predicted molar refractivity (Wildman–Crippen MR) is 173 cm³/mol. The van der Waals surface area contributed by atoms with Gasteiger partial charge in [0.15, 0.2) is 22.1 Å². The van der Waals surface area contributed by atoms with Gasteiger partial charge in [0.2, 0.25) is 0 Å². The highest BCUT2D eigenvalue weighted by atomic mass is 32.1. The lowest BCUT2D eigenvalue weighted by atomic mass is 9.89. The number of methoxy groups -OCH3 is 2. The molecule has 0 aliphatic carbocycles. The van der Waals surface area contributed by atoms with Gasteiger partial charge in [0.25, 0.3) is 5.56 Å². The third kappa shape index (κ3) is 5.41. The van der Waals surface area contributed by atoms with Crippen LogP contribution in [-0.4, -0.2) is 24.6 Å². The first kappa shape index (κ1) is 29.6. The van der Waals surface area contributed by atoms with Gasteiger partial charge in [-0.15, -0.1) is 0 Å². The number of Topliss-reactive ketones (excluding diaryl/α,β-unsaturated/α-hetero) is 1. The number of fused-ring (bicyclic) bond motifs is 2. The first-order valence-electron chi connectivity index (χ1n) is 14.2. The maximum Gasteiger partial charge on any atom is 0.271 e. The zero-order valence-electron chi connectivity index (χ0n) is 25.2. The molecule has 0 fully saturated rings. The Morgan fingerprint density at radius 1 is 1.00 bits per heavy atom. The zero-order valence-corrected chi connectivity index (χ0v) is 26.0. The third-order valence-electron chi connectivity index (χ3n) is 7.83. The van der Waals surface area contributed by atoms with E-state index in [4.69, 9.17) is 19.2 Å². The Morgan fingerprint density at radius 3 is 2.49 bits per heavy atom. The largest absolute Gasteiger partial charge is 0.496 e. The van der Waals surface area contributed by atoms with Crippen LogP contribution in [-0.2, 0) is 11.4 Å². The molecule has 1 atom stereocenters. The van der Waals surface area contributed by atoms with Crippen LogP contribution in [0.3, 0.4) is 0 Å². The van der Waals surface area contributed by atoms with Gasteiger partial charge >= 0.3 is 0 Å². The summed E-state index contributed by atoms with van der Waals surface area (Å²) >= 11 is 1.26. The average Bonchev–Trinajstić information content (AvgIpc) is 3.36. The van der Waals surface area contributed by atoms with Gasteiger partial charge in [-0.3, -0.25) is 14.2 Å². The molecule has 9 heteroatoms. The topological polar surface area (TPSA) is 103 Å². The van der Waals surface area contributed by atoms with Crippen molar-refractivity contribution in [2.24, 2.45) is 4.99 Å². The summed E-state index contributed by atoms with van der Waals surface area (Å²) in [6.07, 6.45) is 1.78. The first-order chi connectivity index (χ1) is 21.8. The van der Waals surface area contributed by atoms with Crippen LogP contribution in [0.5, 0.6) is 17.2 Å². The number of rotatable bonds is 8. The molecule has 0 unspecified atom stereocenters. The lowest BCUT2D eigenvalue weighted by Crippen LogP contribution is -2.39. The van der Waals surface area contributed by atoms with Crippen molar-refractivity contribution in [3.63, 3.8) is 0 Å². The molecule has 0 spiro atoms. The number of allylic oxidation sites excluding steroid dienone is 2. The van der Waals surface area contributed by atoms with Gasteiger partial charge in [0.05, 0.1) is 36.4 Å². The lowest BCUT2D eigenvalue weighted by Gasteiger charge is -2.27. The molecule has 224 valence electrons. The van der Waals surface area contributed by atoms with E-state index in [0.29, 0.717) is 43.4 Å². The predicted octanol–water partition coefficient (Wildman–Crippen LogP) is 5.45. The fraction of sp³-hybridized carbons (Fsp3) is 0.167. The summed E-state index contributed by atoms with van der Waals surface area (Å²) in [7, 11) is 3.14. The van der Waals surface area contributed by atoms with Crippen molar-refractivity contribution in [3.05, 3.63) is 132 Å². The molecule has 45 heavy (non-hydrogen) atoms. The molecule has 2 heterocycles. The number of benzene rings is 4. The molecule has 5 aromatic rings. The van der Waals surface area contributed by atoms with Crippen LogP contribution >= 0.6 is 11.3 Å². The summed E-state index contributed by atoms with van der Waals surface area (Å²) in [6, 6.07) is 25.8. The Kier molecular flexibility index (Phi) is 8.07. The Hall–Kier alpha value is -5.46. The molecule has 1 aliphatic heterocycles. The van der Waals surface area contributed by atoms with Crippen molar-refractivity contribution in [3.8, 4) is 23.3 Å². The molecule has 1 aromatic heterocycles. The maximum absolute atomic E-state index is 14.2. The zero-order chi connectivity index (χ0) is 31.7. The van der Waals surface area contributed by atoms with E-state index in [9.17, 15) is 14.9 Å². The number of hydrogen-bond acceptors (Lipinski definition) is 8. The van der Waals surface area contributed by atoms with Crippen molar-refractivity contribution in [1.82, 2.24) is 4.57 Å². The van der Waals surface area contributed by atoms with E-state index in [-0.39, 0.29) is 17.9 Å². The van der Waals surface area contributed by atoms with Gasteiger partial charge in [0, 0.05) is 22.4 Å². The van der Waals surface area contributed by atoms with Crippen molar-refractivity contribution < 1.29 is 19.0 Å². The van der Waals surface area contributed by atoms with Gasteiger partial charge in [-0.25, -0.2) is 4.99 Å². The Morgan fingerprint density at radius 2 is 1.73 bits per heavy atom. The smallest absolute Gasteiger partial charge is 0.271 e. The molecule has 0 bridgehead atoms. The van der Waals surface area contributed by atoms with Crippen molar-refractivity contribution >= 4 is 34.0 Å². The number of aromatic nitrogens is 1. The van der Waals surface area contributed by atoms with Crippen molar-refractivity contribution in [1.29, 1.82) is 5.26 Å². The van der Waals surface area contributed by atoms with Crippen molar-refractivity contribution in [2.75, 3.05) is 14.2 Å². The minimum Gasteiger partial charge on any atom is -0.496 e. The minimum absolute atomic E-state index is 0.164. The molecule has 0 radical (unpaired) electrons. The standard InChI is InChI=1S/C36H29N3O5S/c1-21-32(22(2)40)34(33-27-12-8-7-9-24(27)14-16-29(33)42-3)39-35(41)31(45-36(39)38-21)18-23-13-15-28(30(17-23)43-4)44-20-26-11-6-5-10-25(26)19-37/h5-18,34H,20H2,1-4H3/b31-18-/t34-/m1/s1. The highest BCUT2D eigenvalue weighted by Gasteiger charge is 2.33. The van der Waals surface area contributed by atoms with Crippen LogP contribution in [0, 0.1) is 11.3 Å². The van der Waals surface area contributed by atoms with Crippen LogP contribution < -0.4 is 29.1 Å². The number of hydrogen-bond donors (Lipinski definition) is 0. The molecule has 0 saturated carbocycles. The molecular formula is C36H29N3O5S. The summed E-state index contributed by atoms with van der Waals surface area (Å²) in [5.41, 5.74) is 3.53. The highest BCUT2D eigenvalue weighted by Crippen LogP contribution is 2.40. The molecule has 0 saturated heterocycles. The molecular weight excluding hydrogens is 586 g/mol. The number of carbonyl (C=O) groups excluding carboxylic acids is 1. The quantitative estimate of drug-likeness (QED) is 0.230. The van der Waals surface area contributed by atoms with Crippen LogP contribution in [0.1, 0.15) is 42.1 Å². The van der Waals surface area contributed by atoms with Gasteiger partial charge in [-0.05, 0) is 60.5 Å². The second kappa shape index (κ2) is 12.3. The van der Waals surface area contributed by atoms with E-state index in [1.807, 2.05) is 60.7 Å². The fourth-order valence-corrected chi connectivity index (χ4v) is 6.78. The normalized spacial score (nSPS) is 14.5. The third-order valence-corrected chi connectivity index (χ3v) is 8.81. The van der Waals surface area contributed by atoms with Crippen LogP contribution in [0.4, 0.5) is 0 Å². The van der Waals surface area contributed by atoms with Crippen LogP contribution in [0.15, 0.2) is 99.9 Å². The van der Waals surface area contributed by atoms with E-state index >= 15 is 0 Å². The number of carbonyl (C=O) groups is 1.